The third-order valence-electron chi connectivity index (χ3n) is 6.50. The zero-order chi connectivity index (χ0) is 25.5. The molecule has 0 aliphatic heterocycles. The number of anilines is 2. The van der Waals surface area contributed by atoms with Crippen molar-refractivity contribution >= 4 is 22.7 Å². The maximum atomic E-state index is 13.2. The Bertz CT molecular complexity index is 1410. The fourth-order valence-corrected chi connectivity index (χ4v) is 4.05. The Kier molecular flexibility index (Phi) is 5.87. The lowest BCUT2D eigenvalue weighted by atomic mass is 10.00. The number of hydrogen-bond acceptors (Lipinski definition) is 7. The predicted molar refractivity (Wildman–Crippen MR) is 129 cm³/mol. The van der Waals surface area contributed by atoms with Gasteiger partial charge in [0, 0.05) is 36.3 Å². The second-order valence-electron chi connectivity index (χ2n) is 8.94. The van der Waals surface area contributed by atoms with E-state index in [2.05, 4.69) is 37.3 Å². The third-order valence-corrected chi connectivity index (χ3v) is 6.50. The maximum absolute atomic E-state index is 13.2. The van der Waals surface area contributed by atoms with Crippen molar-refractivity contribution in [3.8, 4) is 0 Å². The lowest BCUT2D eigenvalue weighted by molar-refractivity contribution is -0.182. The van der Waals surface area contributed by atoms with Crippen LogP contribution in [-0.4, -0.2) is 42.4 Å². The second kappa shape index (κ2) is 8.90. The van der Waals surface area contributed by atoms with Gasteiger partial charge in [0.05, 0.1) is 34.7 Å². The lowest BCUT2D eigenvalue weighted by Gasteiger charge is -2.19. The molecule has 0 radical (unpaired) electrons. The van der Waals surface area contributed by atoms with E-state index in [4.69, 9.17) is 0 Å². The fraction of sp³-hybridized carbons (Fsp3) is 0.280. The third kappa shape index (κ3) is 4.49. The maximum Gasteiger partial charge on any atom is 0.396 e. The number of hydrogen-bond donors (Lipinski definition) is 3. The van der Waals surface area contributed by atoms with Gasteiger partial charge in [0.25, 0.3) is 0 Å². The van der Waals surface area contributed by atoms with Crippen molar-refractivity contribution in [3.05, 3.63) is 84.2 Å². The highest BCUT2D eigenvalue weighted by Crippen LogP contribution is 2.57. The van der Waals surface area contributed by atoms with Crippen LogP contribution in [0.1, 0.15) is 41.5 Å². The zero-order valence-electron chi connectivity index (χ0n) is 19.4. The van der Waals surface area contributed by atoms with Crippen LogP contribution in [0.4, 0.5) is 24.8 Å². The van der Waals surface area contributed by atoms with Crippen LogP contribution >= 0.6 is 0 Å². The van der Waals surface area contributed by atoms with Crippen LogP contribution in [0.25, 0.3) is 11.1 Å². The molecule has 0 bridgehead atoms. The van der Waals surface area contributed by atoms with Crippen LogP contribution < -0.4 is 10.6 Å². The van der Waals surface area contributed by atoms with E-state index in [1.165, 1.54) is 0 Å². The Balaban J connectivity index is 1.35. The number of halogens is 3. The Morgan fingerprint density at radius 2 is 2.06 bits per heavy atom. The monoisotopic (exact) mass is 495 g/mol. The second-order valence-corrected chi connectivity index (χ2v) is 8.94. The highest BCUT2D eigenvalue weighted by Gasteiger charge is 2.62. The van der Waals surface area contributed by atoms with Crippen molar-refractivity contribution in [2.24, 2.45) is 5.41 Å². The highest BCUT2D eigenvalue weighted by atomic mass is 19.4. The molecule has 4 aromatic heterocycles. The van der Waals surface area contributed by atoms with Crippen molar-refractivity contribution in [2.45, 2.75) is 32.2 Å². The number of rotatable bonds is 8. The summed E-state index contributed by atoms with van der Waals surface area (Å²) >= 11 is 0. The summed E-state index contributed by atoms with van der Waals surface area (Å²) in [5.74, 6) is 0.151. The van der Waals surface area contributed by atoms with E-state index in [1.807, 2.05) is 12.1 Å². The fourth-order valence-electron chi connectivity index (χ4n) is 4.05. The van der Waals surface area contributed by atoms with E-state index >= 15 is 0 Å². The van der Waals surface area contributed by atoms with Gasteiger partial charge in [-0.2, -0.15) is 18.3 Å². The molecule has 8 nitrogen and oxygen atoms in total. The minimum atomic E-state index is -4.24. The Morgan fingerprint density at radius 1 is 1.25 bits per heavy atom. The molecule has 1 atom stereocenters. The SMILES string of the molecule is C=C(c1ccn2ncc(C(O)Nc3cccnc3)c2c1)c1cnc(NCC2(C(F)(F)F)CC2)nc1C. The molecular weight excluding hydrogens is 471 g/mol. The van der Waals surface area contributed by atoms with Crippen LogP contribution in [0.2, 0.25) is 0 Å². The Labute approximate surface area is 204 Å². The van der Waals surface area contributed by atoms with E-state index < -0.39 is 17.8 Å². The summed E-state index contributed by atoms with van der Waals surface area (Å²) in [6.45, 7) is 5.70. The number of aromatic nitrogens is 5. The zero-order valence-corrected chi connectivity index (χ0v) is 19.4. The van der Waals surface area contributed by atoms with E-state index in [0.717, 1.165) is 5.56 Å². The first-order valence-corrected chi connectivity index (χ1v) is 11.3. The van der Waals surface area contributed by atoms with Gasteiger partial charge < -0.3 is 15.7 Å². The largest absolute Gasteiger partial charge is 0.396 e. The van der Waals surface area contributed by atoms with E-state index in [-0.39, 0.29) is 25.3 Å². The number of nitrogens with zero attached hydrogens (tertiary/aromatic N) is 5. The summed E-state index contributed by atoms with van der Waals surface area (Å²) in [6.07, 6.45) is 3.12. The number of aliphatic hydroxyl groups excluding tert-OH is 1. The van der Waals surface area contributed by atoms with E-state index in [9.17, 15) is 18.3 Å². The molecule has 0 aromatic carbocycles. The molecule has 1 fully saturated rings. The number of fused-ring (bicyclic) bond motifs is 1. The number of aryl methyl sites for hydroxylation is 1. The quantitative estimate of drug-likeness (QED) is 0.304. The molecule has 5 rings (SSSR count). The van der Waals surface area contributed by atoms with Gasteiger partial charge in [-0.25, -0.2) is 14.5 Å². The molecule has 0 saturated heterocycles. The Hall–Kier alpha value is -3.99. The van der Waals surface area contributed by atoms with E-state index in [1.54, 1.807) is 54.6 Å². The summed E-state index contributed by atoms with van der Waals surface area (Å²) in [5.41, 5.74) is 2.88. The minimum Gasteiger partial charge on any atom is -0.369 e. The predicted octanol–water partition coefficient (Wildman–Crippen LogP) is 4.75. The molecule has 4 aromatic rings. The minimum absolute atomic E-state index is 0.114. The number of aliphatic hydroxyl groups is 1. The van der Waals surface area contributed by atoms with Crippen LogP contribution in [0.5, 0.6) is 0 Å². The Morgan fingerprint density at radius 3 is 2.72 bits per heavy atom. The van der Waals surface area contributed by atoms with Gasteiger partial charge in [0.2, 0.25) is 5.95 Å². The summed E-state index contributed by atoms with van der Waals surface area (Å²) < 4.78 is 41.2. The van der Waals surface area contributed by atoms with E-state index in [0.29, 0.717) is 33.6 Å². The molecule has 186 valence electrons. The summed E-state index contributed by atoms with van der Waals surface area (Å²) in [4.78, 5) is 12.6. The molecule has 3 N–H and O–H groups in total. The van der Waals surface area contributed by atoms with Gasteiger partial charge in [-0.15, -0.1) is 0 Å². The molecule has 36 heavy (non-hydrogen) atoms. The van der Waals surface area contributed by atoms with Crippen molar-refractivity contribution in [3.63, 3.8) is 0 Å². The average molecular weight is 496 g/mol. The first-order valence-electron chi connectivity index (χ1n) is 11.3. The molecule has 0 spiro atoms. The summed E-state index contributed by atoms with van der Waals surface area (Å²) in [5, 5.41) is 20.8. The molecule has 1 aliphatic rings. The van der Waals surface area contributed by atoms with Crippen molar-refractivity contribution in [1.82, 2.24) is 24.6 Å². The molecule has 1 aliphatic carbocycles. The van der Waals surface area contributed by atoms with Gasteiger partial charge in [-0.1, -0.05) is 6.58 Å². The van der Waals surface area contributed by atoms with Gasteiger partial charge >= 0.3 is 6.18 Å². The summed E-state index contributed by atoms with van der Waals surface area (Å²) in [6, 6.07) is 7.24. The molecule has 1 unspecified atom stereocenters. The first-order chi connectivity index (χ1) is 17.2. The van der Waals surface area contributed by atoms with Crippen molar-refractivity contribution < 1.29 is 18.3 Å². The van der Waals surface area contributed by atoms with Crippen molar-refractivity contribution in [2.75, 3.05) is 17.2 Å². The highest BCUT2D eigenvalue weighted by molar-refractivity contribution is 5.81. The lowest BCUT2D eigenvalue weighted by Crippen LogP contribution is -2.31. The number of nitrogens with one attached hydrogen (secondary N) is 2. The smallest absolute Gasteiger partial charge is 0.369 e. The molecule has 11 heteroatoms. The topological polar surface area (TPSA) is 100 Å². The normalized spacial score (nSPS) is 15.5. The van der Waals surface area contributed by atoms with Gasteiger partial charge in [0.1, 0.15) is 0 Å². The summed E-state index contributed by atoms with van der Waals surface area (Å²) in [7, 11) is 0. The standard InChI is InChI=1S/C25H24F3N7O/c1-15(19-12-30-23(33-16(19)2)31-14-24(6-7-24)25(26,27)28)17-5-9-35-21(10-17)20(13-32-35)22(36)34-18-4-3-8-29-11-18/h3-5,8-13,22,34,36H,1,6-7,14H2,2H3,(H,30,31,33). The van der Waals surface area contributed by atoms with Crippen LogP contribution in [0.3, 0.4) is 0 Å². The van der Waals surface area contributed by atoms with Gasteiger partial charge in [-0.05, 0) is 55.2 Å². The number of pyridine rings is 2. The first kappa shape index (κ1) is 23.7. The van der Waals surface area contributed by atoms with Gasteiger partial charge in [0.15, 0.2) is 6.23 Å². The molecule has 4 heterocycles. The number of alkyl halides is 3. The average Bonchev–Trinajstić information content (AvgIpc) is 3.55. The van der Waals surface area contributed by atoms with Crippen LogP contribution in [0, 0.1) is 12.3 Å². The molecule has 1 saturated carbocycles. The molecule has 0 amide bonds. The van der Waals surface area contributed by atoms with Crippen LogP contribution in [-0.2, 0) is 0 Å². The van der Waals surface area contributed by atoms with Gasteiger partial charge in [-0.3, -0.25) is 4.98 Å². The molecular formula is C25H24F3N7O. The van der Waals surface area contributed by atoms with Crippen LogP contribution in [0.15, 0.2) is 61.8 Å². The van der Waals surface area contributed by atoms with Crippen molar-refractivity contribution in [1.29, 1.82) is 0 Å².